The van der Waals surface area contributed by atoms with Gasteiger partial charge in [0, 0.05) is 0 Å². The van der Waals surface area contributed by atoms with Gasteiger partial charge in [-0.2, -0.15) is 0 Å². The van der Waals surface area contributed by atoms with Crippen molar-refractivity contribution >= 4 is 12.4 Å². The molecule has 5 N–H and O–H groups in total. The molecule has 0 aromatic heterocycles. The van der Waals surface area contributed by atoms with Gasteiger partial charge in [0.2, 0.25) is 0 Å². The second-order valence-electron chi connectivity index (χ2n) is 6.36. The summed E-state index contributed by atoms with van der Waals surface area (Å²) in [5.74, 6) is 0.677. The Kier molecular flexibility index (Phi) is 8.99. The van der Waals surface area contributed by atoms with Crippen LogP contribution in [-0.4, -0.2) is 95.6 Å². The standard InChI is InChI=1S/C19H26O10/c1-26-14-7-11(3-2-6-20)4-5-13(14)28-12(8-21)10-27-19-18(25)17(24)16(23)15(9-22)29-19/h2-7,12,15-19,21-25H,8-10H2,1H3. The molecule has 29 heavy (non-hydrogen) atoms. The van der Waals surface area contributed by atoms with E-state index in [0.717, 1.165) is 0 Å². The van der Waals surface area contributed by atoms with E-state index in [1.807, 2.05) is 0 Å². The van der Waals surface area contributed by atoms with E-state index in [4.69, 9.17) is 18.9 Å². The molecule has 0 spiro atoms. The lowest BCUT2D eigenvalue weighted by molar-refractivity contribution is -0.304. The first-order valence-corrected chi connectivity index (χ1v) is 8.94. The Labute approximate surface area is 167 Å². The molecule has 1 aliphatic rings. The zero-order valence-corrected chi connectivity index (χ0v) is 15.8. The van der Waals surface area contributed by atoms with Crippen molar-refractivity contribution in [2.75, 3.05) is 26.9 Å². The largest absolute Gasteiger partial charge is 0.493 e. The second-order valence-corrected chi connectivity index (χ2v) is 6.36. The smallest absolute Gasteiger partial charge is 0.186 e. The number of ether oxygens (including phenoxy) is 4. The molecule has 1 saturated heterocycles. The molecule has 1 aliphatic heterocycles. The van der Waals surface area contributed by atoms with Crippen molar-refractivity contribution in [1.82, 2.24) is 0 Å². The number of hydrogen-bond acceptors (Lipinski definition) is 10. The average Bonchev–Trinajstić information content (AvgIpc) is 2.75. The molecule has 1 heterocycles. The van der Waals surface area contributed by atoms with Crippen LogP contribution in [0.25, 0.3) is 6.08 Å². The number of carbonyl (C=O) groups is 1. The Bertz CT molecular complexity index is 677. The summed E-state index contributed by atoms with van der Waals surface area (Å²) < 4.78 is 21.6. The minimum atomic E-state index is -1.56. The predicted octanol–water partition coefficient (Wildman–Crippen LogP) is -1.54. The predicted molar refractivity (Wildman–Crippen MR) is 99.3 cm³/mol. The van der Waals surface area contributed by atoms with Gasteiger partial charge >= 0.3 is 0 Å². The van der Waals surface area contributed by atoms with E-state index >= 15 is 0 Å². The highest BCUT2D eigenvalue weighted by Crippen LogP contribution is 2.30. The van der Waals surface area contributed by atoms with Gasteiger partial charge in [0.05, 0.1) is 26.9 Å². The first-order chi connectivity index (χ1) is 13.9. The number of carbonyl (C=O) groups excluding carboxylic acids is 1. The molecule has 6 unspecified atom stereocenters. The van der Waals surface area contributed by atoms with Crippen molar-refractivity contribution in [3.05, 3.63) is 29.8 Å². The summed E-state index contributed by atoms with van der Waals surface area (Å²) in [5.41, 5.74) is 0.708. The van der Waals surface area contributed by atoms with Crippen LogP contribution < -0.4 is 9.47 Å². The minimum Gasteiger partial charge on any atom is -0.493 e. The topological polar surface area (TPSA) is 155 Å². The van der Waals surface area contributed by atoms with E-state index in [9.17, 15) is 30.3 Å². The molecule has 0 saturated carbocycles. The summed E-state index contributed by atoms with van der Waals surface area (Å²) in [5, 5.41) is 48.3. The molecule has 0 aliphatic carbocycles. The van der Waals surface area contributed by atoms with Crippen molar-refractivity contribution in [3.8, 4) is 11.5 Å². The van der Waals surface area contributed by atoms with Gasteiger partial charge in [-0.3, -0.25) is 4.79 Å². The molecule has 1 aromatic rings. The maximum atomic E-state index is 10.4. The highest BCUT2D eigenvalue weighted by atomic mass is 16.7. The first-order valence-electron chi connectivity index (χ1n) is 8.94. The van der Waals surface area contributed by atoms with Gasteiger partial charge in [0.25, 0.3) is 0 Å². The van der Waals surface area contributed by atoms with E-state index in [0.29, 0.717) is 23.3 Å². The Balaban J connectivity index is 2.01. The zero-order valence-electron chi connectivity index (χ0n) is 15.8. The number of benzene rings is 1. The lowest BCUT2D eigenvalue weighted by Crippen LogP contribution is -2.59. The van der Waals surface area contributed by atoms with Gasteiger partial charge < -0.3 is 44.5 Å². The average molecular weight is 414 g/mol. The Morgan fingerprint density at radius 1 is 1.14 bits per heavy atom. The molecule has 6 atom stereocenters. The Hall–Kier alpha value is -2.05. The van der Waals surface area contributed by atoms with Crippen LogP contribution in [0.1, 0.15) is 5.56 Å². The fourth-order valence-electron chi connectivity index (χ4n) is 2.75. The van der Waals surface area contributed by atoms with Gasteiger partial charge in [-0.05, 0) is 23.8 Å². The number of methoxy groups -OCH3 is 1. The molecule has 0 radical (unpaired) electrons. The van der Waals surface area contributed by atoms with Crippen molar-refractivity contribution in [2.45, 2.75) is 36.8 Å². The van der Waals surface area contributed by atoms with E-state index in [1.165, 1.54) is 13.2 Å². The molecule has 10 nitrogen and oxygen atoms in total. The molecular formula is C19H26O10. The highest BCUT2D eigenvalue weighted by molar-refractivity contribution is 5.74. The second kappa shape index (κ2) is 11.2. The lowest BCUT2D eigenvalue weighted by Gasteiger charge is -2.39. The normalized spacial score (nSPS) is 28.3. The van der Waals surface area contributed by atoms with Crippen LogP contribution in [0.15, 0.2) is 24.3 Å². The SMILES string of the molecule is COc1cc(C=CC=O)ccc1OC(CO)COC1OC(CO)C(O)C(O)C1O. The van der Waals surface area contributed by atoms with Gasteiger partial charge in [-0.1, -0.05) is 12.1 Å². The summed E-state index contributed by atoms with van der Waals surface area (Å²) in [6, 6.07) is 4.92. The van der Waals surface area contributed by atoms with Crippen LogP contribution in [0.3, 0.4) is 0 Å². The zero-order chi connectivity index (χ0) is 21.4. The maximum Gasteiger partial charge on any atom is 0.186 e. The fourth-order valence-corrected chi connectivity index (χ4v) is 2.75. The Morgan fingerprint density at radius 2 is 1.90 bits per heavy atom. The number of allylic oxidation sites excluding steroid dienone is 1. The van der Waals surface area contributed by atoms with Gasteiger partial charge in [0.15, 0.2) is 17.8 Å². The third-order valence-corrected chi connectivity index (χ3v) is 4.35. The van der Waals surface area contributed by atoms with Crippen molar-refractivity contribution in [3.63, 3.8) is 0 Å². The highest BCUT2D eigenvalue weighted by Gasteiger charge is 2.44. The lowest BCUT2D eigenvalue weighted by atomic mass is 9.99. The number of hydrogen-bond donors (Lipinski definition) is 5. The van der Waals surface area contributed by atoms with Crippen LogP contribution in [0.5, 0.6) is 11.5 Å². The quantitative estimate of drug-likeness (QED) is 0.225. The van der Waals surface area contributed by atoms with Gasteiger partial charge in [-0.15, -0.1) is 0 Å². The number of aliphatic hydroxyl groups excluding tert-OH is 5. The van der Waals surface area contributed by atoms with E-state index in [2.05, 4.69) is 0 Å². The van der Waals surface area contributed by atoms with E-state index < -0.39 is 50.0 Å². The molecule has 0 amide bonds. The van der Waals surface area contributed by atoms with Crippen LogP contribution in [0, 0.1) is 0 Å². The summed E-state index contributed by atoms with van der Waals surface area (Å²) in [7, 11) is 1.44. The summed E-state index contributed by atoms with van der Waals surface area (Å²) in [4.78, 5) is 10.4. The summed E-state index contributed by atoms with van der Waals surface area (Å²) in [6.07, 6.45) is -4.33. The molecule has 1 fully saturated rings. The molecule has 10 heteroatoms. The fraction of sp³-hybridized carbons (Fsp3) is 0.526. The van der Waals surface area contributed by atoms with Gasteiger partial charge in [0.1, 0.15) is 36.8 Å². The van der Waals surface area contributed by atoms with Crippen LogP contribution in [-0.2, 0) is 14.3 Å². The van der Waals surface area contributed by atoms with Crippen molar-refractivity contribution < 1.29 is 49.3 Å². The molecule has 1 aromatic carbocycles. The van der Waals surface area contributed by atoms with Crippen molar-refractivity contribution in [1.29, 1.82) is 0 Å². The molecular weight excluding hydrogens is 388 g/mol. The third-order valence-electron chi connectivity index (χ3n) is 4.35. The molecule has 162 valence electrons. The third kappa shape index (κ3) is 5.97. The van der Waals surface area contributed by atoms with E-state index in [-0.39, 0.29) is 6.61 Å². The summed E-state index contributed by atoms with van der Waals surface area (Å²) in [6.45, 7) is -1.24. The van der Waals surface area contributed by atoms with E-state index in [1.54, 1.807) is 24.3 Å². The Morgan fingerprint density at radius 3 is 2.52 bits per heavy atom. The van der Waals surface area contributed by atoms with Crippen molar-refractivity contribution in [2.24, 2.45) is 0 Å². The molecule has 0 bridgehead atoms. The van der Waals surface area contributed by atoms with Crippen LogP contribution in [0.4, 0.5) is 0 Å². The minimum absolute atomic E-state index is 0.227. The van der Waals surface area contributed by atoms with Crippen LogP contribution in [0.2, 0.25) is 0 Å². The number of rotatable bonds is 10. The first kappa shape index (κ1) is 23.2. The number of aldehydes is 1. The molecule has 2 rings (SSSR count). The maximum absolute atomic E-state index is 10.4. The van der Waals surface area contributed by atoms with Crippen LogP contribution >= 0.6 is 0 Å². The summed E-state index contributed by atoms with van der Waals surface area (Å²) >= 11 is 0. The monoisotopic (exact) mass is 414 g/mol. The van der Waals surface area contributed by atoms with Gasteiger partial charge in [-0.25, -0.2) is 0 Å². The number of aliphatic hydroxyl groups is 5.